The second-order valence-electron chi connectivity index (χ2n) is 4.43. The first kappa shape index (κ1) is 17.5. The number of unbranched alkanes of at least 4 members (excludes halogenated alkanes) is 1. The van der Waals surface area contributed by atoms with E-state index in [0.717, 1.165) is 12.8 Å². The number of rotatable bonds is 9. The van der Waals surface area contributed by atoms with Gasteiger partial charge in [0.2, 0.25) is 0 Å². The molecular formula is C15H19NO6. The highest BCUT2D eigenvalue weighted by Crippen LogP contribution is 2.12. The van der Waals surface area contributed by atoms with Crippen LogP contribution in [-0.2, 0) is 19.1 Å². The second kappa shape index (κ2) is 9.38. The molecular weight excluding hydrogens is 290 g/mol. The zero-order valence-electron chi connectivity index (χ0n) is 12.4. The fourth-order valence-corrected chi connectivity index (χ4v) is 1.42. The van der Waals surface area contributed by atoms with Crippen molar-refractivity contribution in [2.24, 2.45) is 5.73 Å². The maximum Gasteiger partial charge on any atom is 0.344 e. The minimum absolute atomic E-state index is 0.243. The van der Waals surface area contributed by atoms with E-state index in [-0.39, 0.29) is 12.2 Å². The molecule has 0 fully saturated rings. The molecule has 0 atom stereocenters. The first-order valence-electron chi connectivity index (χ1n) is 6.87. The number of hydrogen-bond donors (Lipinski definition) is 1. The van der Waals surface area contributed by atoms with Crippen LogP contribution in [0, 0.1) is 0 Å². The number of esters is 2. The normalized spacial score (nSPS) is 9.86. The molecule has 0 radical (unpaired) electrons. The maximum atomic E-state index is 11.7. The molecule has 120 valence electrons. The Bertz CT molecular complexity index is 511. The van der Waals surface area contributed by atoms with Crippen molar-refractivity contribution in [3.8, 4) is 5.75 Å². The molecule has 1 aromatic rings. The quantitative estimate of drug-likeness (QED) is 0.540. The van der Waals surface area contributed by atoms with Crippen molar-refractivity contribution >= 4 is 17.8 Å². The average molecular weight is 309 g/mol. The summed E-state index contributed by atoms with van der Waals surface area (Å²) in [5, 5.41) is 0. The Labute approximate surface area is 128 Å². The number of benzene rings is 1. The number of primary amides is 1. The standard InChI is InChI=1S/C15H19NO6/c1-2-3-8-20-14(18)10-22-15(19)11-4-6-12(7-5-11)21-9-13(16)17/h4-7H,2-3,8-10H2,1H3,(H2,16,17). The summed E-state index contributed by atoms with van der Waals surface area (Å²) >= 11 is 0. The summed E-state index contributed by atoms with van der Waals surface area (Å²) in [6.45, 7) is 1.62. The number of hydrogen-bond acceptors (Lipinski definition) is 6. The first-order valence-corrected chi connectivity index (χ1v) is 6.87. The van der Waals surface area contributed by atoms with Gasteiger partial charge in [-0.05, 0) is 30.7 Å². The van der Waals surface area contributed by atoms with Gasteiger partial charge in [-0.15, -0.1) is 0 Å². The Hall–Kier alpha value is -2.57. The van der Waals surface area contributed by atoms with Crippen LogP contribution >= 0.6 is 0 Å². The van der Waals surface area contributed by atoms with Gasteiger partial charge in [0.25, 0.3) is 5.91 Å². The summed E-state index contributed by atoms with van der Waals surface area (Å²) in [6, 6.07) is 5.92. The summed E-state index contributed by atoms with van der Waals surface area (Å²) in [7, 11) is 0. The molecule has 7 heteroatoms. The molecule has 0 aliphatic heterocycles. The van der Waals surface area contributed by atoms with Crippen molar-refractivity contribution in [1.29, 1.82) is 0 Å². The van der Waals surface area contributed by atoms with Gasteiger partial charge in [0.05, 0.1) is 12.2 Å². The summed E-state index contributed by atoms with van der Waals surface area (Å²) in [5.74, 6) is -1.42. The first-order chi connectivity index (χ1) is 10.5. The summed E-state index contributed by atoms with van der Waals surface area (Å²) in [6.07, 6.45) is 1.68. The number of ether oxygens (including phenoxy) is 3. The highest BCUT2D eigenvalue weighted by atomic mass is 16.6. The molecule has 0 unspecified atom stereocenters. The van der Waals surface area contributed by atoms with Gasteiger partial charge in [-0.3, -0.25) is 4.79 Å². The van der Waals surface area contributed by atoms with Gasteiger partial charge in [0.15, 0.2) is 13.2 Å². The molecule has 1 amide bonds. The Morgan fingerprint density at radius 2 is 1.73 bits per heavy atom. The predicted molar refractivity (Wildman–Crippen MR) is 77.3 cm³/mol. The zero-order chi connectivity index (χ0) is 16.4. The second-order valence-corrected chi connectivity index (χ2v) is 4.43. The van der Waals surface area contributed by atoms with Gasteiger partial charge in [-0.2, -0.15) is 0 Å². The molecule has 0 aromatic heterocycles. The fraction of sp³-hybridized carbons (Fsp3) is 0.400. The van der Waals surface area contributed by atoms with Crippen molar-refractivity contribution in [3.05, 3.63) is 29.8 Å². The van der Waals surface area contributed by atoms with Gasteiger partial charge < -0.3 is 19.9 Å². The van der Waals surface area contributed by atoms with Gasteiger partial charge in [0.1, 0.15) is 5.75 Å². The number of carbonyl (C=O) groups excluding carboxylic acids is 3. The van der Waals surface area contributed by atoms with Crippen molar-refractivity contribution < 1.29 is 28.6 Å². The minimum atomic E-state index is -0.645. The Kier molecular flexibility index (Phi) is 7.45. The van der Waals surface area contributed by atoms with Crippen molar-refractivity contribution in [3.63, 3.8) is 0 Å². The molecule has 22 heavy (non-hydrogen) atoms. The summed E-state index contributed by atoms with van der Waals surface area (Å²) in [4.78, 5) is 33.6. The van der Waals surface area contributed by atoms with E-state index < -0.39 is 24.5 Å². The lowest BCUT2D eigenvalue weighted by atomic mass is 10.2. The summed E-state index contributed by atoms with van der Waals surface area (Å²) < 4.78 is 14.7. The van der Waals surface area contributed by atoms with E-state index in [4.69, 9.17) is 19.9 Å². The van der Waals surface area contributed by atoms with E-state index in [1.807, 2.05) is 6.92 Å². The van der Waals surface area contributed by atoms with E-state index in [2.05, 4.69) is 0 Å². The minimum Gasteiger partial charge on any atom is -0.484 e. The molecule has 1 rings (SSSR count). The molecule has 0 aliphatic rings. The topological polar surface area (TPSA) is 105 Å². The van der Waals surface area contributed by atoms with Gasteiger partial charge >= 0.3 is 11.9 Å². The third-order valence-electron chi connectivity index (χ3n) is 2.55. The average Bonchev–Trinajstić information content (AvgIpc) is 2.51. The molecule has 2 N–H and O–H groups in total. The highest BCUT2D eigenvalue weighted by molar-refractivity contribution is 5.90. The fourth-order valence-electron chi connectivity index (χ4n) is 1.42. The van der Waals surface area contributed by atoms with Crippen molar-refractivity contribution in [2.75, 3.05) is 19.8 Å². The van der Waals surface area contributed by atoms with Crippen LogP contribution < -0.4 is 10.5 Å². The van der Waals surface area contributed by atoms with Crippen LogP contribution in [0.5, 0.6) is 5.75 Å². The van der Waals surface area contributed by atoms with E-state index in [0.29, 0.717) is 12.4 Å². The van der Waals surface area contributed by atoms with Crippen molar-refractivity contribution in [2.45, 2.75) is 19.8 Å². The Balaban J connectivity index is 2.39. The van der Waals surface area contributed by atoms with Gasteiger partial charge in [-0.25, -0.2) is 9.59 Å². The summed E-state index contributed by atoms with van der Waals surface area (Å²) in [5.41, 5.74) is 5.21. The molecule has 1 aromatic carbocycles. The zero-order valence-corrected chi connectivity index (χ0v) is 12.4. The van der Waals surface area contributed by atoms with E-state index in [9.17, 15) is 14.4 Å². The largest absolute Gasteiger partial charge is 0.484 e. The van der Waals surface area contributed by atoms with E-state index in [1.165, 1.54) is 24.3 Å². The van der Waals surface area contributed by atoms with E-state index in [1.54, 1.807) is 0 Å². The Morgan fingerprint density at radius 1 is 1.05 bits per heavy atom. The van der Waals surface area contributed by atoms with Gasteiger partial charge in [-0.1, -0.05) is 13.3 Å². The molecule has 0 aliphatic carbocycles. The molecule has 7 nitrogen and oxygen atoms in total. The number of carbonyl (C=O) groups is 3. The predicted octanol–water partition coefficient (Wildman–Crippen LogP) is 1.05. The smallest absolute Gasteiger partial charge is 0.344 e. The van der Waals surface area contributed by atoms with Crippen LogP contribution in [0.4, 0.5) is 0 Å². The van der Waals surface area contributed by atoms with Crippen molar-refractivity contribution in [1.82, 2.24) is 0 Å². The monoisotopic (exact) mass is 309 g/mol. The van der Waals surface area contributed by atoms with Crippen LogP contribution in [0.15, 0.2) is 24.3 Å². The lowest BCUT2D eigenvalue weighted by Crippen LogP contribution is -2.20. The molecule has 0 bridgehead atoms. The highest BCUT2D eigenvalue weighted by Gasteiger charge is 2.11. The maximum absolute atomic E-state index is 11.7. The molecule has 0 spiro atoms. The van der Waals surface area contributed by atoms with Crippen LogP contribution in [-0.4, -0.2) is 37.7 Å². The Morgan fingerprint density at radius 3 is 2.32 bits per heavy atom. The van der Waals surface area contributed by atoms with Gasteiger partial charge in [0, 0.05) is 0 Å². The molecule has 0 heterocycles. The SMILES string of the molecule is CCCCOC(=O)COC(=O)c1ccc(OCC(N)=O)cc1. The van der Waals surface area contributed by atoms with E-state index >= 15 is 0 Å². The lowest BCUT2D eigenvalue weighted by Gasteiger charge is -2.07. The van der Waals surface area contributed by atoms with Crippen LogP contribution in [0.3, 0.4) is 0 Å². The van der Waals surface area contributed by atoms with Crippen LogP contribution in [0.2, 0.25) is 0 Å². The third-order valence-corrected chi connectivity index (χ3v) is 2.55. The lowest BCUT2D eigenvalue weighted by molar-refractivity contribution is -0.147. The third kappa shape index (κ3) is 6.74. The number of nitrogens with two attached hydrogens (primary N) is 1. The van der Waals surface area contributed by atoms with Crippen LogP contribution in [0.1, 0.15) is 30.1 Å². The molecule has 0 saturated heterocycles. The van der Waals surface area contributed by atoms with Crippen LogP contribution in [0.25, 0.3) is 0 Å². The molecule has 0 saturated carbocycles. The number of amides is 1.